The zero-order valence-electron chi connectivity index (χ0n) is 15.4. The summed E-state index contributed by atoms with van der Waals surface area (Å²) in [5.41, 5.74) is 0. The molecule has 3 aliphatic rings. The molecule has 11 nitrogen and oxygen atoms in total. The molecular weight excluding hydrogens is 362 g/mol. The largest absolute Gasteiger partial charge is 0.347 e. The summed E-state index contributed by atoms with van der Waals surface area (Å²) in [5.74, 6) is 1.20. The molecule has 0 saturated carbocycles. The van der Waals surface area contributed by atoms with Gasteiger partial charge in [0.05, 0.1) is 6.04 Å². The summed E-state index contributed by atoms with van der Waals surface area (Å²) in [4.78, 5) is 31.5. The van der Waals surface area contributed by atoms with E-state index in [0.29, 0.717) is 30.7 Å². The predicted molar refractivity (Wildman–Crippen MR) is 96.4 cm³/mol. The Labute approximate surface area is 161 Å². The van der Waals surface area contributed by atoms with Crippen molar-refractivity contribution in [1.82, 2.24) is 45.5 Å². The van der Waals surface area contributed by atoms with Gasteiger partial charge in [-0.15, -0.1) is 15.3 Å². The zero-order valence-corrected chi connectivity index (χ0v) is 15.4. The van der Waals surface area contributed by atoms with Gasteiger partial charge in [0.25, 0.3) is 11.9 Å². The van der Waals surface area contributed by atoms with Gasteiger partial charge in [0.1, 0.15) is 12.7 Å². The van der Waals surface area contributed by atoms with Gasteiger partial charge in [0, 0.05) is 25.6 Å². The fourth-order valence-electron chi connectivity index (χ4n) is 4.95. The minimum atomic E-state index is -0.335. The molecule has 28 heavy (non-hydrogen) atoms. The molecule has 2 aromatic heterocycles. The second kappa shape index (κ2) is 6.97. The molecule has 3 fully saturated rings. The Morgan fingerprint density at radius 3 is 2.93 bits per heavy atom. The molecule has 2 aromatic rings. The van der Waals surface area contributed by atoms with Gasteiger partial charge in [-0.2, -0.15) is 4.98 Å². The van der Waals surface area contributed by atoms with Crippen LogP contribution in [0.2, 0.25) is 0 Å². The summed E-state index contributed by atoms with van der Waals surface area (Å²) >= 11 is 0. The maximum absolute atomic E-state index is 12.7. The lowest BCUT2D eigenvalue weighted by atomic mass is 9.72. The van der Waals surface area contributed by atoms with Crippen LogP contribution in [0.25, 0.3) is 5.95 Å². The summed E-state index contributed by atoms with van der Waals surface area (Å²) in [6.45, 7) is 2.28. The van der Waals surface area contributed by atoms with Gasteiger partial charge < -0.3 is 15.5 Å². The number of H-pyrrole nitrogens is 1. The van der Waals surface area contributed by atoms with Crippen molar-refractivity contribution in [2.45, 2.75) is 37.8 Å². The molecule has 0 unspecified atom stereocenters. The third-order valence-corrected chi connectivity index (χ3v) is 6.21. The fourth-order valence-corrected chi connectivity index (χ4v) is 4.95. The van der Waals surface area contributed by atoms with Gasteiger partial charge in [0.15, 0.2) is 0 Å². The molecule has 0 aliphatic carbocycles. The highest BCUT2D eigenvalue weighted by atomic mass is 16.2. The van der Waals surface area contributed by atoms with E-state index in [-0.39, 0.29) is 29.7 Å². The van der Waals surface area contributed by atoms with Crippen molar-refractivity contribution in [2.24, 2.45) is 11.8 Å². The predicted octanol–water partition coefficient (Wildman–Crippen LogP) is -0.896. The van der Waals surface area contributed by atoms with Crippen molar-refractivity contribution in [3.8, 4) is 5.95 Å². The Bertz CT molecular complexity index is 864. The van der Waals surface area contributed by atoms with E-state index in [9.17, 15) is 9.59 Å². The Morgan fingerprint density at radius 1 is 1.25 bits per heavy atom. The molecule has 3 saturated heterocycles. The first-order chi connectivity index (χ1) is 13.7. The van der Waals surface area contributed by atoms with E-state index >= 15 is 0 Å². The summed E-state index contributed by atoms with van der Waals surface area (Å²) in [7, 11) is 0. The van der Waals surface area contributed by atoms with Crippen LogP contribution < -0.4 is 10.6 Å². The van der Waals surface area contributed by atoms with Crippen LogP contribution in [0.4, 0.5) is 0 Å². The Morgan fingerprint density at radius 2 is 2.07 bits per heavy atom. The minimum Gasteiger partial charge on any atom is -0.347 e. The lowest BCUT2D eigenvalue weighted by Crippen LogP contribution is -2.66. The molecule has 2 bridgehead atoms. The van der Waals surface area contributed by atoms with Crippen LogP contribution in [0, 0.1) is 11.8 Å². The average Bonchev–Trinajstić information content (AvgIpc) is 3.40. The Balaban J connectivity index is 1.29. The molecule has 3 N–H and O–H groups in total. The van der Waals surface area contributed by atoms with Crippen LogP contribution in [0.5, 0.6) is 0 Å². The Kier molecular flexibility index (Phi) is 4.30. The van der Waals surface area contributed by atoms with Crippen LogP contribution in [0.1, 0.15) is 36.3 Å². The van der Waals surface area contributed by atoms with Crippen molar-refractivity contribution >= 4 is 11.8 Å². The molecule has 11 heteroatoms. The van der Waals surface area contributed by atoms with Crippen molar-refractivity contribution in [3.05, 3.63) is 18.5 Å². The topological polar surface area (TPSA) is 134 Å². The van der Waals surface area contributed by atoms with Crippen LogP contribution in [0.15, 0.2) is 12.7 Å². The number of aromatic amines is 1. The van der Waals surface area contributed by atoms with Gasteiger partial charge in [-0.25, -0.2) is 0 Å². The number of piperidine rings is 3. The molecule has 0 aromatic carbocycles. The number of amides is 2. The van der Waals surface area contributed by atoms with Crippen molar-refractivity contribution in [1.29, 1.82) is 0 Å². The van der Waals surface area contributed by atoms with E-state index in [1.807, 2.05) is 0 Å². The van der Waals surface area contributed by atoms with Gasteiger partial charge in [-0.1, -0.05) is 0 Å². The van der Waals surface area contributed by atoms with Crippen molar-refractivity contribution in [2.75, 3.05) is 19.6 Å². The van der Waals surface area contributed by atoms with Crippen LogP contribution in [0.3, 0.4) is 0 Å². The number of rotatable bonds is 4. The van der Waals surface area contributed by atoms with E-state index in [1.165, 1.54) is 17.2 Å². The minimum absolute atomic E-state index is 0.0195. The summed E-state index contributed by atoms with van der Waals surface area (Å²) in [6, 6.07) is 0.309. The molecule has 148 valence electrons. The first kappa shape index (κ1) is 17.3. The lowest BCUT2D eigenvalue weighted by molar-refractivity contribution is -0.148. The highest BCUT2D eigenvalue weighted by molar-refractivity contribution is 5.90. The van der Waals surface area contributed by atoms with Crippen LogP contribution in [-0.4, -0.2) is 78.4 Å². The molecule has 0 radical (unpaired) electrons. The molecule has 4 atom stereocenters. The van der Waals surface area contributed by atoms with Gasteiger partial charge >= 0.3 is 0 Å². The number of hydrogen-bond donors (Lipinski definition) is 3. The van der Waals surface area contributed by atoms with E-state index < -0.39 is 0 Å². The normalized spacial score (nSPS) is 29.4. The third kappa shape index (κ3) is 2.95. The summed E-state index contributed by atoms with van der Waals surface area (Å²) in [5, 5.41) is 20.5. The third-order valence-electron chi connectivity index (χ3n) is 6.21. The summed E-state index contributed by atoms with van der Waals surface area (Å²) < 4.78 is 1.51. The molecule has 5 rings (SSSR count). The SMILES string of the molecule is O=C(NC[C@H]1[C@@H]2CNC[C@@H](C2)[C@@H]2CCCC(=O)N21)c1nc(-n2cnnc2)n[nH]1. The Hall–Kier alpha value is -2.82. The van der Waals surface area contributed by atoms with E-state index in [1.54, 1.807) is 0 Å². The number of nitrogens with one attached hydrogen (secondary N) is 3. The molecule has 2 amide bonds. The maximum atomic E-state index is 12.7. The smallest absolute Gasteiger partial charge is 0.288 e. The first-order valence-electron chi connectivity index (χ1n) is 9.78. The lowest BCUT2D eigenvalue weighted by Gasteiger charge is -2.54. The second-order valence-electron chi connectivity index (χ2n) is 7.81. The van der Waals surface area contributed by atoms with Crippen LogP contribution >= 0.6 is 0 Å². The number of aromatic nitrogens is 6. The average molecular weight is 385 g/mol. The molecule has 5 heterocycles. The number of carbonyl (C=O) groups excluding carboxylic acids is 2. The number of nitrogens with zero attached hydrogens (tertiary/aromatic N) is 6. The highest BCUT2D eigenvalue weighted by Gasteiger charge is 2.47. The van der Waals surface area contributed by atoms with Gasteiger partial charge in [-0.3, -0.25) is 19.3 Å². The van der Waals surface area contributed by atoms with Gasteiger partial charge in [0.2, 0.25) is 11.7 Å². The first-order valence-corrected chi connectivity index (χ1v) is 9.78. The highest BCUT2D eigenvalue weighted by Crippen LogP contribution is 2.39. The van der Waals surface area contributed by atoms with E-state index in [2.05, 4.69) is 40.9 Å². The van der Waals surface area contributed by atoms with E-state index in [0.717, 1.165) is 32.4 Å². The monoisotopic (exact) mass is 385 g/mol. The molecule has 0 spiro atoms. The standard InChI is InChI=1S/C17H23N9O2/c27-14-3-1-2-12-10-4-11(6-18-5-10)13(26(12)14)7-19-16(28)15-22-17(24-23-15)25-8-20-21-9-25/h8-13,18H,1-7H2,(H,19,28)(H,22,23,24)/t10-,11+,12+,13+/m1/s1. The molecule has 3 aliphatic heterocycles. The van der Waals surface area contributed by atoms with Crippen LogP contribution in [-0.2, 0) is 4.79 Å². The number of fused-ring (bicyclic) bond motifs is 4. The van der Waals surface area contributed by atoms with Crippen molar-refractivity contribution in [3.63, 3.8) is 0 Å². The summed E-state index contributed by atoms with van der Waals surface area (Å²) in [6.07, 6.45) is 6.66. The van der Waals surface area contributed by atoms with Crippen molar-refractivity contribution < 1.29 is 9.59 Å². The maximum Gasteiger partial charge on any atom is 0.288 e. The number of carbonyl (C=O) groups is 2. The molecular formula is C17H23N9O2. The second-order valence-corrected chi connectivity index (χ2v) is 7.81. The quantitative estimate of drug-likeness (QED) is 0.621. The number of hydrogen-bond acceptors (Lipinski definition) is 7. The zero-order chi connectivity index (χ0) is 19.1. The van der Waals surface area contributed by atoms with E-state index in [4.69, 9.17) is 0 Å². The fraction of sp³-hybridized carbons (Fsp3) is 0.647. The van der Waals surface area contributed by atoms with Gasteiger partial charge in [-0.05, 0) is 37.6 Å².